The molecule has 0 aliphatic rings. The summed E-state index contributed by atoms with van der Waals surface area (Å²) in [5.74, 6) is -0.806. The Labute approximate surface area is 167 Å². The second kappa shape index (κ2) is 12.6. The van der Waals surface area contributed by atoms with Gasteiger partial charge < -0.3 is 26.5 Å². The predicted molar refractivity (Wildman–Crippen MR) is 108 cm³/mol. The van der Waals surface area contributed by atoms with Gasteiger partial charge in [-0.3, -0.25) is 9.59 Å². The van der Waals surface area contributed by atoms with Crippen molar-refractivity contribution in [1.82, 2.24) is 20.6 Å². The van der Waals surface area contributed by atoms with Crippen molar-refractivity contribution < 1.29 is 19.5 Å². The second-order valence-corrected chi connectivity index (χ2v) is 7.88. The molecule has 11 heteroatoms. The molecular weight excluding hydrogens is 390 g/mol. The van der Waals surface area contributed by atoms with E-state index in [0.29, 0.717) is 24.3 Å². The van der Waals surface area contributed by atoms with E-state index in [4.69, 9.17) is 5.73 Å². The Hall–Kier alpha value is -1.72. The van der Waals surface area contributed by atoms with Gasteiger partial charge in [0.2, 0.25) is 11.8 Å². The molecule has 1 aromatic rings. The van der Waals surface area contributed by atoms with Gasteiger partial charge in [0.1, 0.15) is 12.1 Å². The molecule has 2 amide bonds. The summed E-state index contributed by atoms with van der Waals surface area (Å²) in [5, 5.41) is 14.4. The third-order valence-electron chi connectivity index (χ3n) is 3.81. The number of nitrogens with one attached hydrogen (secondary N) is 3. The SMILES string of the molecule is CSCCC(N)C(=O)NC(Cc1cnc[nH]1)C(=O)NC(CCSC)C(=O)O. The summed E-state index contributed by atoms with van der Waals surface area (Å²) < 4.78 is 0. The van der Waals surface area contributed by atoms with Crippen molar-refractivity contribution in [2.75, 3.05) is 24.0 Å². The molecule has 1 aromatic heterocycles. The molecule has 0 fully saturated rings. The van der Waals surface area contributed by atoms with E-state index in [9.17, 15) is 19.5 Å². The third-order valence-corrected chi connectivity index (χ3v) is 5.09. The monoisotopic (exact) mass is 417 g/mol. The zero-order chi connectivity index (χ0) is 20.2. The van der Waals surface area contributed by atoms with Crippen LogP contribution < -0.4 is 16.4 Å². The van der Waals surface area contributed by atoms with E-state index >= 15 is 0 Å². The van der Waals surface area contributed by atoms with Crippen LogP contribution in [-0.4, -0.2) is 75.0 Å². The maximum atomic E-state index is 12.6. The largest absolute Gasteiger partial charge is 0.480 e. The Morgan fingerprint density at radius 2 is 1.78 bits per heavy atom. The molecule has 6 N–H and O–H groups in total. The van der Waals surface area contributed by atoms with E-state index in [1.54, 1.807) is 18.0 Å². The van der Waals surface area contributed by atoms with Gasteiger partial charge in [0.25, 0.3) is 0 Å². The molecule has 0 saturated heterocycles. The minimum Gasteiger partial charge on any atom is -0.480 e. The third kappa shape index (κ3) is 8.67. The standard InChI is InChI=1S/C16H27N5O4S2/c1-26-5-3-11(17)14(22)21-13(7-10-8-18-9-19-10)15(23)20-12(16(24)25)4-6-27-2/h8-9,11-13H,3-7,17H2,1-2H3,(H,18,19)(H,20,23)(H,21,22)(H,24,25). The fraction of sp³-hybridized carbons (Fsp3) is 0.625. The van der Waals surface area contributed by atoms with Crippen molar-refractivity contribution in [2.45, 2.75) is 37.4 Å². The summed E-state index contributed by atoms with van der Waals surface area (Å²) in [6.45, 7) is 0. The number of imidazole rings is 1. The molecule has 0 saturated carbocycles. The molecule has 0 aliphatic carbocycles. The lowest BCUT2D eigenvalue weighted by molar-refractivity contribution is -0.142. The molecule has 0 aromatic carbocycles. The number of thioether (sulfide) groups is 2. The highest BCUT2D eigenvalue weighted by atomic mass is 32.2. The number of carboxylic acids is 1. The number of H-pyrrole nitrogens is 1. The van der Waals surface area contributed by atoms with Crippen molar-refractivity contribution in [1.29, 1.82) is 0 Å². The average molecular weight is 418 g/mol. The minimum atomic E-state index is -1.11. The number of carboxylic acid groups (broad SMARTS) is 1. The number of aromatic nitrogens is 2. The number of aromatic amines is 1. The molecule has 0 spiro atoms. The lowest BCUT2D eigenvalue weighted by atomic mass is 10.1. The van der Waals surface area contributed by atoms with Gasteiger partial charge in [0.05, 0.1) is 12.4 Å². The zero-order valence-corrected chi connectivity index (χ0v) is 17.1. The number of rotatable bonds is 13. The Bertz CT molecular complexity index is 600. The first-order chi connectivity index (χ1) is 12.9. The summed E-state index contributed by atoms with van der Waals surface area (Å²) in [7, 11) is 0. The fourth-order valence-electron chi connectivity index (χ4n) is 2.25. The van der Waals surface area contributed by atoms with Crippen LogP contribution in [0.3, 0.4) is 0 Å². The van der Waals surface area contributed by atoms with Gasteiger partial charge in [-0.25, -0.2) is 9.78 Å². The van der Waals surface area contributed by atoms with Crippen LogP contribution in [0.2, 0.25) is 0 Å². The molecule has 9 nitrogen and oxygen atoms in total. The van der Waals surface area contributed by atoms with Gasteiger partial charge in [-0.05, 0) is 36.9 Å². The number of nitrogens with zero attached hydrogens (tertiary/aromatic N) is 1. The normalized spacial score (nSPS) is 14.2. The molecule has 1 heterocycles. The molecule has 0 aliphatic heterocycles. The number of nitrogens with two attached hydrogens (primary N) is 1. The Balaban J connectivity index is 2.81. The number of amides is 2. The van der Waals surface area contributed by atoms with E-state index < -0.39 is 35.9 Å². The van der Waals surface area contributed by atoms with Crippen molar-refractivity contribution >= 4 is 41.3 Å². The number of hydrogen-bond donors (Lipinski definition) is 5. The van der Waals surface area contributed by atoms with Crippen LogP contribution in [0.5, 0.6) is 0 Å². The molecule has 152 valence electrons. The van der Waals surface area contributed by atoms with Crippen molar-refractivity contribution in [3.63, 3.8) is 0 Å². The van der Waals surface area contributed by atoms with Crippen LogP contribution in [0.25, 0.3) is 0 Å². The van der Waals surface area contributed by atoms with Crippen LogP contribution in [0, 0.1) is 0 Å². The number of hydrogen-bond acceptors (Lipinski definition) is 7. The first-order valence-corrected chi connectivity index (χ1v) is 11.2. The number of carbonyl (C=O) groups excluding carboxylic acids is 2. The Morgan fingerprint density at radius 1 is 1.15 bits per heavy atom. The quantitative estimate of drug-likeness (QED) is 0.297. The van der Waals surface area contributed by atoms with E-state index in [-0.39, 0.29) is 6.42 Å². The second-order valence-electron chi connectivity index (χ2n) is 5.91. The molecule has 27 heavy (non-hydrogen) atoms. The smallest absolute Gasteiger partial charge is 0.326 e. The lowest BCUT2D eigenvalue weighted by Gasteiger charge is -2.22. The van der Waals surface area contributed by atoms with E-state index in [0.717, 1.165) is 5.75 Å². The molecule has 0 radical (unpaired) electrons. The maximum Gasteiger partial charge on any atom is 0.326 e. The van der Waals surface area contributed by atoms with E-state index in [2.05, 4.69) is 20.6 Å². The predicted octanol–water partition coefficient (Wildman–Crippen LogP) is -0.160. The molecule has 0 bridgehead atoms. The van der Waals surface area contributed by atoms with Gasteiger partial charge in [-0.2, -0.15) is 23.5 Å². The van der Waals surface area contributed by atoms with Gasteiger partial charge in [0.15, 0.2) is 0 Å². The summed E-state index contributed by atoms with van der Waals surface area (Å²) in [6, 6.07) is -2.70. The highest BCUT2D eigenvalue weighted by molar-refractivity contribution is 7.98. The van der Waals surface area contributed by atoms with E-state index in [1.807, 2.05) is 12.5 Å². The van der Waals surface area contributed by atoms with Crippen LogP contribution in [-0.2, 0) is 20.8 Å². The van der Waals surface area contributed by atoms with Crippen LogP contribution in [0.1, 0.15) is 18.5 Å². The molecular formula is C16H27N5O4S2. The average Bonchev–Trinajstić information content (AvgIpc) is 3.15. The highest BCUT2D eigenvalue weighted by Crippen LogP contribution is 2.05. The zero-order valence-electron chi connectivity index (χ0n) is 15.4. The summed E-state index contributed by atoms with van der Waals surface area (Å²) in [5.41, 5.74) is 6.51. The van der Waals surface area contributed by atoms with Crippen LogP contribution in [0.15, 0.2) is 12.5 Å². The summed E-state index contributed by atoms with van der Waals surface area (Å²) in [4.78, 5) is 43.1. The topological polar surface area (TPSA) is 150 Å². The van der Waals surface area contributed by atoms with Gasteiger partial charge in [-0.15, -0.1) is 0 Å². The van der Waals surface area contributed by atoms with Crippen LogP contribution >= 0.6 is 23.5 Å². The number of aliphatic carboxylic acids is 1. The first-order valence-electron chi connectivity index (χ1n) is 8.43. The minimum absolute atomic E-state index is 0.154. The van der Waals surface area contributed by atoms with Gasteiger partial charge in [0, 0.05) is 18.3 Å². The van der Waals surface area contributed by atoms with Crippen LogP contribution in [0.4, 0.5) is 0 Å². The Kier molecular flexibility index (Phi) is 10.9. The van der Waals surface area contributed by atoms with Crippen molar-refractivity contribution in [3.8, 4) is 0 Å². The Morgan fingerprint density at radius 3 is 2.33 bits per heavy atom. The number of carbonyl (C=O) groups is 3. The maximum absolute atomic E-state index is 12.6. The lowest BCUT2D eigenvalue weighted by Crippen LogP contribution is -2.55. The van der Waals surface area contributed by atoms with Gasteiger partial charge >= 0.3 is 5.97 Å². The van der Waals surface area contributed by atoms with Gasteiger partial charge in [-0.1, -0.05) is 0 Å². The molecule has 3 unspecified atom stereocenters. The van der Waals surface area contributed by atoms with Crippen molar-refractivity contribution in [3.05, 3.63) is 18.2 Å². The highest BCUT2D eigenvalue weighted by Gasteiger charge is 2.28. The summed E-state index contributed by atoms with van der Waals surface area (Å²) in [6.07, 6.45) is 7.72. The fourth-order valence-corrected chi connectivity index (χ4v) is 3.21. The molecule has 1 rings (SSSR count). The summed E-state index contributed by atoms with van der Waals surface area (Å²) >= 11 is 3.07. The first kappa shape index (κ1) is 23.3. The van der Waals surface area contributed by atoms with Crippen molar-refractivity contribution in [2.24, 2.45) is 5.73 Å². The van der Waals surface area contributed by atoms with E-state index in [1.165, 1.54) is 18.1 Å². The molecule has 3 atom stereocenters.